The van der Waals surface area contributed by atoms with Gasteiger partial charge in [0.1, 0.15) is 5.75 Å². The number of likely N-dealkylation sites (N-methyl/N-ethyl adjacent to an activating group) is 1. The minimum Gasteiger partial charge on any atom is -0.483 e. The summed E-state index contributed by atoms with van der Waals surface area (Å²) in [6, 6.07) is 5.32. The highest BCUT2D eigenvalue weighted by molar-refractivity contribution is 9.10. The van der Waals surface area contributed by atoms with Gasteiger partial charge in [-0.15, -0.1) is 0 Å². The van der Waals surface area contributed by atoms with Gasteiger partial charge in [0.2, 0.25) is 0 Å². The highest BCUT2D eigenvalue weighted by Gasteiger charge is 2.12. The van der Waals surface area contributed by atoms with Gasteiger partial charge in [0.15, 0.2) is 6.61 Å². The zero-order valence-corrected chi connectivity index (χ0v) is 11.7. The number of nitrogens with zero attached hydrogens (tertiary/aromatic N) is 1. The first-order chi connectivity index (χ1) is 7.91. The molecule has 0 radical (unpaired) electrons. The molecule has 1 rings (SSSR count). The number of hydrogen-bond donors (Lipinski definition) is 1. The molecule has 0 saturated heterocycles. The molecule has 0 aliphatic heterocycles. The fraction of sp³-hybridized carbons (Fsp3) is 0.417. The summed E-state index contributed by atoms with van der Waals surface area (Å²) in [5, 5.41) is 9.61. The van der Waals surface area contributed by atoms with Crippen LogP contribution >= 0.6 is 15.9 Å². The van der Waals surface area contributed by atoms with Crippen LogP contribution in [0.3, 0.4) is 0 Å². The number of carbonyl (C=O) groups excluding carboxylic acids is 1. The van der Waals surface area contributed by atoms with Gasteiger partial charge in [-0.2, -0.15) is 0 Å². The number of carbonyl (C=O) groups is 1. The second kappa shape index (κ2) is 6.02. The van der Waals surface area contributed by atoms with Crippen molar-refractivity contribution in [3.8, 4) is 5.75 Å². The Morgan fingerprint density at radius 1 is 1.53 bits per heavy atom. The van der Waals surface area contributed by atoms with E-state index in [1.165, 1.54) is 4.90 Å². The van der Waals surface area contributed by atoms with Gasteiger partial charge < -0.3 is 14.7 Å². The molecule has 0 heterocycles. The monoisotopic (exact) mass is 301 g/mol. The predicted molar refractivity (Wildman–Crippen MR) is 69.0 cm³/mol. The summed E-state index contributed by atoms with van der Waals surface area (Å²) in [6.45, 7) is 1.62. The van der Waals surface area contributed by atoms with Crippen LogP contribution in [0, 0.1) is 0 Å². The van der Waals surface area contributed by atoms with Crippen LogP contribution in [-0.2, 0) is 4.79 Å². The van der Waals surface area contributed by atoms with Crippen molar-refractivity contribution < 1.29 is 14.6 Å². The zero-order chi connectivity index (χ0) is 13.0. The van der Waals surface area contributed by atoms with Crippen molar-refractivity contribution in [2.24, 2.45) is 0 Å². The number of ether oxygens (including phenoxy) is 1. The Kier molecular flexibility index (Phi) is 4.96. The number of benzene rings is 1. The van der Waals surface area contributed by atoms with Crippen LogP contribution in [0.5, 0.6) is 5.75 Å². The topological polar surface area (TPSA) is 49.8 Å². The lowest BCUT2D eigenvalue weighted by atomic mass is 10.1. The van der Waals surface area contributed by atoms with Crippen LogP contribution in [0.15, 0.2) is 22.7 Å². The highest BCUT2D eigenvalue weighted by atomic mass is 79.9. The largest absolute Gasteiger partial charge is 0.483 e. The van der Waals surface area contributed by atoms with Gasteiger partial charge in [-0.3, -0.25) is 4.79 Å². The average Bonchev–Trinajstić information content (AvgIpc) is 2.26. The molecule has 0 aliphatic carbocycles. The lowest BCUT2D eigenvalue weighted by Crippen LogP contribution is -2.27. The van der Waals surface area contributed by atoms with E-state index < -0.39 is 6.10 Å². The van der Waals surface area contributed by atoms with Crippen molar-refractivity contribution in [3.63, 3.8) is 0 Å². The normalized spacial score (nSPS) is 12.1. The zero-order valence-electron chi connectivity index (χ0n) is 10.1. The van der Waals surface area contributed by atoms with E-state index in [0.717, 1.165) is 4.47 Å². The van der Waals surface area contributed by atoms with Crippen LogP contribution in [0.2, 0.25) is 0 Å². The van der Waals surface area contributed by atoms with E-state index in [0.29, 0.717) is 11.3 Å². The van der Waals surface area contributed by atoms with Gasteiger partial charge in [-0.05, 0) is 25.1 Å². The molecule has 0 spiro atoms. The summed E-state index contributed by atoms with van der Waals surface area (Å²) < 4.78 is 6.27. The molecule has 0 fully saturated rings. The number of halogens is 1. The Hall–Kier alpha value is -1.07. The van der Waals surface area contributed by atoms with Crippen LogP contribution in [0.25, 0.3) is 0 Å². The maximum Gasteiger partial charge on any atom is 0.259 e. The van der Waals surface area contributed by atoms with Gasteiger partial charge in [0, 0.05) is 24.1 Å². The Bertz CT molecular complexity index is 405. The van der Waals surface area contributed by atoms with E-state index in [2.05, 4.69) is 15.9 Å². The second-order valence-corrected chi connectivity index (χ2v) is 4.85. The van der Waals surface area contributed by atoms with Gasteiger partial charge >= 0.3 is 0 Å². The van der Waals surface area contributed by atoms with Crippen molar-refractivity contribution in [2.45, 2.75) is 13.0 Å². The average molecular weight is 302 g/mol. The van der Waals surface area contributed by atoms with E-state index in [9.17, 15) is 9.90 Å². The molecule has 0 aromatic heterocycles. The summed E-state index contributed by atoms with van der Waals surface area (Å²) in [5.74, 6) is 0.405. The summed E-state index contributed by atoms with van der Waals surface area (Å²) in [7, 11) is 3.34. The first-order valence-corrected chi connectivity index (χ1v) is 6.01. The molecular weight excluding hydrogens is 286 g/mol. The molecule has 1 aromatic rings. The number of hydrogen-bond acceptors (Lipinski definition) is 3. The summed E-state index contributed by atoms with van der Waals surface area (Å²) in [6.07, 6.45) is -0.642. The Balaban J connectivity index is 2.80. The summed E-state index contributed by atoms with van der Waals surface area (Å²) >= 11 is 3.33. The number of rotatable bonds is 4. The molecule has 94 valence electrons. The number of aliphatic hydroxyl groups excluding tert-OH is 1. The molecular formula is C12H16BrNO3. The minimum atomic E-state index is -0.642. The minimum absolute atomic E-state index is 0.0334. The molecule has 5 heteroatoms. The van der Waals surface area contributed by atoms with Crippen molar-refractivity contribution in [2.75, 3.05) is 20.7 Å². The third-order valence-electron chi connectivity index (χ3n) is 2.27. The second-order valence-electron chi connectivity index (χ2n) is 3.93. The van der Waals surface area contributed by atoms with Crippen molar-refractivity contribution >= 4 is 21.8 Å². The molecule has 17 heavy (non-hydrogen) atoms. The standard InChI is InChI=1S/C12H16BrNO3/c1-8(15)10-6-9(13)4-5-11(10)17-7-12(16)14(2)3/h4-6,8,15H,7H2,1-3H3. The van der Waals surface area contributed by atoms with Gasteiger partial charge in [-0.25, -0.2) is 0 Å². The third-order valence-corrected chi connectivity index (χ3v) is 2.77. The van der Waals surface area contributed by atoms with Gasteiger partial charge in [0.25, 0.3) is 5.91 Å². The quantitative estimate of drug-likeness (QED) is 0.925. The van der Waals surface area contributed by atoms with Crippen molar-refractivity contribution in [3.05, 3.63) is 28.2 Å². The molecule has 1 atom stereocenters. The molecule has 1 aromatic carbocycles. The van der Waals surface area contributed by atoms with Crippen LogP contribution in [0.4, 0.5) is 0 Å². The van der Waals surface area contributed by atoms with Crippen LogP contribution in [-0.4, -0.2) is 36.6 Å². The molecule has 1 N–H and O–H groups in total. The SMILES string of the molecule is CC(O)c1cc(Br)ccc1OCC(=O)N(C)C. The van der Waals surface area contributed by atoms with E-state index in [1.807, 2.05) is 0 Å². The maximum atomic E-state index is 11.4. The molecule has 0 saturated carbocycles. The fourth-order valence-corrected chi connectivity index (χ4v) is 1.62. The molecule has 0 bridgehead atoms. The summed E-state index contributed by atoms with van der Waals surface area (Å²) in [4.78, 5) is 12.9. The predicted octanol–water partition coefficient (Wildman–Crippen LogP) is 1.97. The smallest absolute Gasteiger partial charge is 0.259 e. The first-order valence-electron chi connectivity index (χ1n) is 5.22. The van der Waals surface area contributed by atoms with Gasteiger partial charge in [0.05, 0.1) is 6.10 Å². The third kappa shape index (κ3) is 4.02. The van der Waals surface area contributed by atoms with Crippen molar-refractivity contribution in [1.29, 1.82) is 0 Å². The van der Waals surface area contributed by atoms with Gasteiger partial charge in [-0.1, -0.05) is 15.9 Å². The Morgan fingerprint density at radius 2 is 2.18 bits per heavy atom. The summed E-state index contributed by atoms with van der Waals surface area (Å²) in [5.41, 5.74) is 0.658. The molecule has 0 aliphatic rings. The number of aliphatic hydroxyl groups is 1. The van der Waals surface area contributed by atoms with E-state index in [1.54, 1.807) is 39.2 Å². The molecule has 1 unspecified atom stereocenters. The van der Waals surface area contributed by atoms with E-state index >= 15 is 0 Å². The number of amides is 1. The van der Waals surface area contributed by atoms with Crippen LogP contribution < -0.4 is 4.74 Å². The highest BCUT2D eigenvalue weighted by Crippen LogP contribution is 2.28. The fourth-order valence-electron chi connectivity index (χ4n) is 1.25. The van der Waals surface area contributed by atoms with Crippen LogP contribution in [0.1, 0.15) is 18.6 Å². The van der Waals surface area contributed by atoms with Crippen molar-refractivity contribution in [1.82, 2.24) is 4.90 Å². The lowest BCUT2D eigenvalue weighted by molar-refractivity contribution is -0.130. The molecule has 4 nitrogen and oxygen atoms in total. The van der Waals surface area contributed by atoms with E-state index in [-0.39, 0.29) is 12.5 Å². The molecule has 1 amide bonds. The van der Waals surface area contributed by atoms with E-state index in [4.69, 9.17) is 4.74 Å². The maximum absolute atomic E-state index is 11.4. The Labute approximate surface area is 109 Å². The lowest BCUT2D eigenvalue weighted by Gasteiger charge is -2.15. The first kappa shape index (κ1) is 14.0. The Morgan fingerprint density at radius 3 is 2.71 bits per heavy atom.